The van der Waals surface area contributed by atoms with Crippen LogP contribution >= 0.6 is 0 Å². The highest BCUT2D eigenvalue weighted by atomic mass is 16.4. The number of H-pyrrole nitrogens is 1. The van der Waals surface area contributed by atoms with E-state index in [4.69, 9.17) is 10.4 Å². The molecule has 22 heavy (non-hydrogen) atoms. The van der Waals surface area contributed by atoms with Crippen molar-refractivity contribution in [3.63, 3.8) is 0 Å². The number of carboxylic acids is 1. The third-order valence-electron chi connectivity index (χ3n) is 2.95. The predicted molar refractivity (Wildman–Crippen MR) is 73.0 cm³/mol. The lowest BCUT2D eigenvalue weighted by molar-refractivity contribution is 0.0696. The lowest BCUT2D eigenvalue weighted by Gasteiger charge is -2.00. The molecule has 0 saturated heterocycles. The van der Waals surface area contributed by atoms with E-state index in [1.54, 1.807) is 0 Å². The molecule has 0 aliphatic carbocycles. The van der Waals surface area contributed by atoms with Gasteiger partial charge in [-0.15, -0.1) is 0 Å². The van der Waals surface area contributed by atoms with E-state index in [1.807, 2.05) is 6.07 Å². The van der Waals surface area contributed by atoms with E-state index in [9.17, 15) is 9.59 Å². The maximum absolute atomic E-state index is 12.3. The number of carboxylic acid groups (broad SMARTS) is 1. The number of imidazole rings is 1. The highest BCUT2D eigenvalue weighted by Crippen LogP contribution is 2.06. The number of aromatic carboxylic acids is 1. The molecular weight excluding hydrogens is 288 g/mol. The van der Waals surface area contributed by atoms with Crippen molar-refractivity contribution in [3.05, 3.63) is 58.7 Å². The molecule has 0 radical (unpaired) electrons. The fourth-order valence-corrected chi connectivity index (χ4v) is 1.87. The number of pyridine rings is 1. The Labute approximate surface area is 122 Å². The van der Waals surface area contributed by atoms with E-state index in [1.165, 1.54) is 35.4 Å². The van der Waals surface area contributed by atoms with Crippen LogP contribution in [0.25, 0.3) is 11.5 Å². The second-order valence-corrected chi connectivity index (χ2v) is 4.29. The van der Waals surface area contributed by atoms with Crippen molar-refractivity contribution in [1.82, 2.24) is 24.3 Å². The number of carbonyl (C=O) groups is 1. The number of nitrogens with zero attached hydrogens (tertiary/aromatic N) is 5. The van der Waals surface area contributed by atoms with Gasteiger partial charge in [-0.2, -0.15) is 9.94 Å². The summed E-state index contributed by atoms with van der Waals surface area (Å²) in [6.07, 6.45) is 5.39. The molecule has 0 spiro atoms. The predicted octanol–water partition coefficient (Wildman–Crippen LogP) is 0.316. The van der Waals surface area contributed by atoms with E-state index < -0.39 is 11.5 Å². The summed E-state index contributed by atoms with van der Waals surface area (Å²) in [4.78, 5) is 30.9. The fourth-order valence-electron chi connectivity index (χ4n) is 1.87. The molecule has 0 amide bonds. The van der Waals surface area contributed by atoms with Gasteiger partial charge in [-0.25, -0.2) is 14.8 Å². The first-order valence-corrected chi connectivity index (χ1v) is 6.05. The maximum atomic E-state index is 12.3. The Balaban J connectivity index is 2.02. The molecule has 9 heteroatoms. The smallest absolute Gasteiger partial charge is 0.337 e. The summed E-state index contributed by atoms with van der Waals surface area (Å²) in [5.74, 6) is -0.845. The van der Waals surface area contributed by atoms with Crippen LogP contribution in [-0.4, -0.2) is 35.4 Å². The van der Waals surface area contributed by atoms with E-state index in [0.717, 1.165) is 10.9 Å². The molecule has 0 saturated carbocycles. The Kier molecular flexibility index (Phi) is 3.04. The molecule has 3 aromatic rings. The minimum Gasteiger partial charge on any atom is -0.478 e. The molecule has 0 unspecified atom stereocenters. The summed E-state index contributed by atoms with van der Waals surface area (Å²) in [7, 11) is 0. The van der Waals surface area contributed by atoms with Crippen LogP contribution < -0.4 is 5.56 Å². The van der Waals surface area contributed by atoms with Crippen molar-refractivity contribution in [1.29, 1.82) is 5.26 Å². The van der Waals surface area contributed by atoms with Gasteiger partial charge in [0.05, 0.1) is 5.56 Å². The molecule has 0 aliphatic heterocycles. The highest BCUT2D eigenvalue weighted by Gasteiger charge is 2.12. The van der Waals surface area contributed by atoms with Crippen molar-refractivity contribution in [3.8, 4) is 17.6 Å². The molecule has 3 rings (SSSR count). The quantitative estimate of drug-likeness (QED) is 0.715. The molecular formula is C13H8N6O3. The van der Waals surface area contributed by atoms with Gasteiger partial charge in [0.2, 0.25) is 0 Å². The van der Waals surface area contributed by atoms with Crippen LogP contribution in [-0.2, 0) is 0 Å². The number of aromatic amines is 1. The van der Waals surface area contributed by atoms with Crippen molar-refractivity contribution >= 4 is 5.97 Å². The molecule has 0 fully saturated rings. The van der Waals surface area contributed by atoms with Gasteiger partial charge in [0.25, 0.3) is 5.56 Å². The average Bonchev–Trinajstić information content (AvgIpc) is 3.13. The van der Waals surface area contributed by atoms with Crippen LogP contribution in [0.1, 0.15) is 16.1 Å². The maximum Gasteiger partial charge on any atom is 0.337 e. The summed E-state index contributed by atoms with van der Waals surface area (Å²) in [6.45, 7) is 0. The van der Waals surface area contributed by atoms with Crippen molar-refractivity contribution < 1.29 is 9.90 Å². The van der Waals surface area contributed by atoms with Crippen LogP contribution in [0.4, 0.5) is 0 Å². The molecule has 2 N–H and O–H groups in total. The van der Waals surface area contributed by atoms with Crippen LogP contribution in [0.2, 0.25) is 0 Å². The fraction of sp³-hybridized carbons (Fsp3) is 0. The highest BCUT2D eigenvalue weighted by molar-refractivity contribution is 5.87. The normalized spacial score (nSPS) is 10.3. The zero-order chi connectivity index (χ0) is 15.7. The Hall–Kier alpha value is -3.67. The van der Waals surface area contributed by atoms with E-state index in [-0.39, 0.29) is 22.8 Å². The second kappa shape index (κ2) is 5.02. The summed E-state index contributed by atoms with van der Waals surface area (Å²) in [5, 5.41) is 20.3. The number of hydrogen-bond donors (Lipinski definition) is 2. The average molecular weight is 296 g/mol. The van der Waals surface area contributed by atoms with Gasteiger partial charge in [0.15, 0.2) is 11.5 Å². The van der Waals surface area contributed by atoms with Gasteiger partial charge in [0.1, 0.15) is 18.1 Å². The number of aromatic nitrogens is 5. The molecule has 0 aliphatic rings. The summed E-state index contributed by atoms with van der Waals surface area (Å²) in [6, 6.07) is 4.64. The van der Waals surface area contributed by atoms with Crippen molar-refractivity contribution in [2.75, 3.05) is 0 Å². The van der Waals surface area contributed by atoms with E-state index >= 15 is 0 Å². The molecule has 0 atom stereocenters. The number of nitriles is 1. The SMILES string of the molecule is N#Cc1cn(-c2c[nH]n(-c3ccc(C(=O)O)cn3)c2=O)cn1. The van der Waals surface area contributed by atoms with Crippen molar-refractivity contribution in [2.24, 2.45) is 0 Å². The minimum absolute atomic E-state index is 0.0249. The van der Waals surface area contributed by atoms with Crippen LogP contribution in [0.15, 0.2) is 41.8 Å². The van der Waals surface area contributed by atoms with Crippen LogP contribution in [0.5, 0.6) is 0 Å². The summed E-state index contributed by atoms with van der Waals surface area (Å²) < 4.78 is 2.58. The van der Waals surface area contributed by atoms with Crippen LogP contribution in [0.3, 0.4) is 0 Å². The van der Waals surface area contributed by atoms with Gasteiger partial charge in [0, 0.05) is 18.6 Å². The summed E-state index contributed by atoms with van der Waals surface area (Å²) >= 11 is 0. The second-order valence-electron chi connectivity index (χ2n) is 4.29. The van der Waals surface area contributed by atoms with Gasteiger partial charge in [-0.05, 0) is 12.1 Å². The Morgan fingerprint density at radius 3 is 2.77 bits per heavy atom. The molecule has 9 nitrogen and oxygen atoms in total. The first-order chi connectivity index (χ1) is 10.6. The first kappa shape index (κ1) is 13.3. The third kappa shape index (κ3) is 2.14. The van der Waals surface area contributed by atoms with E-state index in [0.29, 0.717) is 0 Å². The molecule has 3 heterocycles. The minimum atomic E-state index is -1.10. The molecule has 0 bridgehead atoms. The van der Waals surface area contributed by atoms with Gasteiger partial charge < -0.3 is 5.11 Å². The Bertz CT molecular complexity index is 941. The number of rotatable bonds is 3. The third-order valence-corrected chi connectivity index (χ3v) is 2.95. The standard InChI is InChI=1S/C13H8N6O3/c14-3-9-6-18(7-16-9)10-5-17-19(12(10)20)11-2-1-8(4-15-11)13(21)22/h1-2,4-7,17H,(H,21,22). The molecule has 3 aromatic heterocycles. The largest absolute Gasteiger partial charge is 0.478 e. The Morgan fingerprint density at radius 2 is 2.18 bits per heavy atom. The van der Waals surface area contributed by atoms with Gasteiger partial charge in [-0.1, -0.05) is 0 Å². The Morgan fingerprint density at radius 1 is 1.36 bits per heavy atom. The zero-order valence-electron chi connectivity index (χ0n) is 11.0. The van der Waals surface area contributed by atoms with Gasteiger partial charge >= 0.3 is 5.97 Å². The monoisotopic (exact) mass is 296 g/mol. The lowest BCUT2D eigenvalue weighted by Crippen LogP contribution is -2.19. The zero-order valence-corrected chi connectivity index (χ0v) is 11.0. The topological polar surface area (TPSA) is 130 Å². The van der Waals surface area contributed by atoms with Gasteiger partial charge in [-0.3, -0.25) is 14.5 Å². The number of nitrogens with one attached hydrogen (secondary N) is 1. The molecule has 108 valence electrons. The first-order valence-electron chi connectivity index (χ1n) is 6.05. The van der Waals surface area contributed by atoms with E-state index in [2.05, 4.69) is 15.1 Å². The lowest BCUT2D eigenvalue weighted by atomic mass is 10.3. The molecule has 0 aromatic carbocycles. The van der Waals surface area contributed by atoms with Crippen molar-refractivity contribution in [2.45, 2.75) is 0 Å². The number of hydrogen-bond acceptors (Lipinski definition) is 5. The summed E-state index contributed by atoms with van der Waals surface area (Å²) in [5.41, 5.74) is 0.0727. The van der Waals surface area contributed by atoms with Crippen LogP contribution in [0, 0.1) is 11.3 Å².